The number of hydrogen-bond acceptors (Lipinski definition) is 3. The summed E-state index contributed by atoms with van der Waals surface area (Å²) < 4.78 is 0. The smallest absolute Gasteiger partial charge is 0.272 e. The molecule has 80 valence electrons. The molecule has 2 rings (SSSR count). The second-order valence-electron chi connectivity index (χ2n) is 3.95. The molecule has 1 unspecified atom stereocenters. The van der Waals surface area contributed by atoms with Gasteiger partial charge in [-0.25, -0.2) is 0 Å². The number of hydrogen-bond donors (Lipinski definition) is 1. The van der Waals surface area contributed by atoms with Crippen LogP contribution in [0.3, 0.4) is 0 Å². The minimum absolute atomic E-state index is 0.254. The molecule has 15 heavy (non-hydrogen) atoms. The van der Waals surface area contributed by atoms with Crippen LogP contribution in [0.5, 0.6) is 0 Å². The standard InChI is InChI=1S/C11H14N2O2/c14-13(15)11-4-2-1-3-10(11)7-9-5-6-12-8-9/h1-4,9,12H,5-8H2. The van der Waals surface area contributed by atoms with E-state index in [-0.39, 0.29) is 10.6 Å². The fraction of sp³-hybridized carbons (Fsp3) is 0.455. The Labute approximate surface area is 88.5 Å². The second kappa shape index (κ2) is 4.40. The van der Waals surface area contributed by atoms with Crippen molar-refractivity contribution in [2.75, 3.05) is 13.1 Å². The second-order valence-corrected chi connectivity index (χ2v) is 3.95. The highest BCUT2D eigenvalue weighted by atomic mass is 16.6. The highest BCUT2D eigenvalue weighted by Crippen LogP contribution is 2.23. The van der Waals surface area contributed by atoms with Crippen molar-refractivity contribution in [3.63, 3.8) is 0 Å². The number of nitro groups is 1. The van der Waals surface area contributed by atoms with Gasteiger partial charge >= 0.3 is 0 Å². The van der Waals surface area contributed by atoms with Crippen LogP contribution >= 0.6 is 0 Å². The third-order valence-electron chi connectivity index (χ3n) is 2.86. The molecule has 1 fully saturated rings. The molecule has 0 bridgehead atoms. The Morgan fingerprint density at radius 1 is 1.47 bits per heavy atom. The largest absolute Gasteiger partial charge is 0.316 e. The molecule has 0 saturated carbocycles. The quantitative estimate of drug-likeness (QED) is 0.605. The lowest BCUT2D eigenvalue weighted by Crippen LogP contribution is -2.11. The summed E-state index contributed by atoms with van der Waals surface area (Å²) in [6, 6.07) is 7.02. The maximum Gasteiger partial charge on any atom is 0.272 e. The van der Waals surface area contributed by atoms with E-state index < -0.39 is 0 Å². The molecule has 1 aliphatic rings. The summed E-state index contributed by atoms with van der Waals surface area (Å²) in [7, 11) is 0. The summed E-state index contributed by atoms with van der Waals surface area (Å²) in [4.78, 5) is 10.5. The average Bonchev–Trinajstić information content (AvgIpc) is 2.71. The summed E-state index contributed by atoms with van der Waals surface area (Å²) in [5.41, 5.74) is 1.11. The van der Waals surface area contributed by atoms with Crippen molar-refractivity contribution < 1.29 is 4.92 Å². The molecule has 0 spiro atoms. The highest BCUT2D eigenvalue weighted by Gasteiger charge is 2.19. The molecular formula is C11H14N2O2. The Morgan fingerprint density at radius 3 is 2.93 bits per heavy atom. The van der Waals surface area contributed by atoms with Crippen LogP contribution in [-0.4, -0.2) is 18.0 Å². The van der Waals surface area contributed by atoms with Crippen molar-refractivity contribution in [1.29, 1.82) is 0 Å². The number of rotatable bonds is 3. The number of nitrogens with one attached hydrogen (secondary N) is 1. The van der Waals surface area contributed by atoms with E-state index in [1.807, 2.05) is 12.1 Å². The zero-order valence-corrected chi connectivity index (χ0v) is 8.48. The van der Waals surface area contributed by atoms with Gasteiger partial charge in [0.1, 0.15) is 0 Å². The van der Waals surface area contributed by atoms with Crippen molar-refractivity contribution >= 4 is 5.69 Å². The summed E-state index contributed by atoms with van der Waals surface area (Å²) in [5, 5.41) is 14.1. The predicted molar refractivity (Wildman–Crippen MR) is 57.8 cm³/mol. The predicted octanol–water partition coefficient (Wildman–Crippen LogP) is 1.75. The first-order chi connectivity index (χ1) is 7.27. The zero-order valence-electron chi connectivity index (χ0n) is 8.48. The summed E-state index contributed by atoms with van der Waals surface area (Å²) in [6.45, 7) is 2.01. The molecule has 1 N–H and O–H groups in total. The van der Waals surface area contributed by atoms with E-state index in [1.54, 1.807) is 12.1 Å². The van der Waals surface area contributed by atoms with Gasteiger partial charge in [0.25, 0.3) is 5.69 Å². The van der Waals surface area contributed by atoms with Crippen molar-refractivity contribution in [3.05, 3.63) is 39.9 Å². The monoisotopic (exact) mass is 206 g/mol. The molecule has 4 nitrogen and oxygen atoms in total. The fourth-order valence-electron chi connectivity index (χ4n) is 2.06. The molecule has 0 radical (unpaired) electrons. The van der Waals surface area contributed by atoms with Gasteiger partial charge < -0.3 is 5.32 Å². The van der Waals surface area contributed by atoms with Gasteiger partial charge in [0.2, 0.25) is 0 Å². The molecule has 1 atom stereocenters. The molecule has 0 aromatic heterocycles. The third kappa shape index (κ3) is 2.33. The molecular weight excluding hydrogens is 192 g/mol. The minimum Gasteiger partial charge on any atom is -0.316 e. The fourth-order valence-corrected chi connectivity index (χ4v) is 2.06. The Balaban J connectivity index is 2.15. The molecule has 1 aromatic rings. The van der Waals surface area contributed by atoms with Crippen LogP contribution in [0.1, 0.15) is 12.0 Å². The van der Waals surface area contributed by atoms with E-state index in [9.17, 15) is 10.1 Å². The van der Waals surface area contributed by atoms with Crippen LogP contribution in [0, 0.1) is 16.0 Å². The zero-order chi connectivity index (χ0) is 10.7. The van der Waals surface area contributed by atoms with Crippen molar-refractivity contribution in [3.8, 4) is 0 Å². The molecule has 1 heterocycles. The normalized spacial score (nSPS) is 20.4. The summed E-state index contributed by atoms with van der Waals surface area (Å²) in [6.07, 6.45) is 1.93. The molecule has 0 aliphatic carbocycles. The van der Waals surface area contributed by atoms with E-state index >= 15 is 0 Å². The molecule has 0 amide bonds. The Kier molecular flexibility index (Phi) is 2.97. The van der Waals surface area contributed by atoms with E-state index in [2.05, 4.69) is 5.32 Å². The van der Waals surface area contributed by atoms with Gasteiger partial charge in [-0.1, -0.05) is 18.2 Å². The van der Waals surface area contributed by atoms with Gasteiger partial charge in [0.15, 0.2) is 0 Å². The molecule has 1 aliphatic heterocycles. The lowest BCUT2D eigenvalue weighted by Gasteiger charge is -2.08. The molecule has 4 heteroatoms. The average molecular weight is 206 g/mol. The van der Waals surface area contributed by atoms with E-state index in [4.69, 9.17) is 0 Å². The number of nitrogens with zero attached hydrogens (tertiary/aromatic N) is 1. The minimum atomic E-state index is -0.294. The van der Waals surface area contributed by atoms with Crippen molar-refractivity contribution in [1.82, 2.24) is 5.32 Å². The Bertz CT molecular complexity index is 359. The van der Waals surface area contributed by atoms with Crippen LogP contribution in [0.15, 0.2) is 24.3 Å². The Hall–Kier alpha value is -1.42. The van der Waals surface area contributed by atoms with Gasteiger partial charge in [-0.3, -0.25) is 10.1 Å². The van der Waals surface area contributed by atoms with Gasteiger partial charge in [-0.05, 0) is 31.8 Å². The van der Waals surface area contributed by atoms with Crippen LogP contribution < -0.4 is 5.32 Å². The number of benzene rings is 1. The first-order valence-electron chi connectivity index (χ1n) is 5.20. The summed E-state index contributed by atoms with van der Waals surface area (Å²) in [5.74, 6) is 0.547. The van der Waals surface area contributed by atoms with E-state index in [0.29, 0.717) is 5.92 Å². The SMILES string of the molecule is O=[N+]([O-])c1ccccc1CC1CCNC1. The lowest BCUT2D eigenvalue weighted by atomic mass is 9.97. The van der Waals surface area contributed by atoms with E-state index in [0.717, 1.165) is 31.5 Å². The van der Waals surface area contributed by atoms with Gasteiger partial charge in [-0.15, -0.1) is 0 Å². The molecule has 1 aromatic carbocycles. The van der Waals surface area contributed by atoms with Crippen molar-refractivity contribution in [2.24, 2.45) is 5.92 Å². The van der Waals surface area contributed by atoms with E-state index in [1.165, 1.54) is 0 Å². The van der Waals surface area contributed by atoms with Crippen LogP contribution in [0.4, 0.5) is 5.69 Å². The lowest BCUT2D eigenvalue weighted by molar-refractivity contribution is -0.385. The number of para-hydroxylation sites is 1. The Morgan fingerprint density at radius 2 is 2.27 bits per heavy atom. The topological polar surface area (TPSA) is 55.2 Å². The van der Waals surface area contributed by atoms with Crippen molar-refractivity contribution in [2.45, 2.75) is 12.8 Å². The van der Waals surface area contributed by atoms with Crippen LogP contribution in [0.2, 0.25) is 0 Å². The highest BCUT2D eigenvalue weighted by molar-refractivity contribution is 5.40. The third-order valence-corrected chi connectivity index (χ3v) is 2.86. The van der Waals surface area contributed by atoms with Crippen LogP contribution in [0.25, 0.3) is 0 Å². The first-order valence-corrected chi connectivity index (χ1v) is 5.20. The first kappa shape index (κ1) is 10.1. The van der Waals surface area contributed by atoms with Gasteiger partial charge in [-0.2, -0.15) is 0 Å². The maximum absolute atomic E-state index is 10.8. The molecule has 1 saturated heterocycles. The maximum atomic E-state index is 10.8. The summed E-state index contributed by atoms with van der Waals surface area (Å²) >= 11 is 0. The van der Waals surface area contributed by atoms with Gasteiger partial charge in [0.05, 0.1) is 4.92 Å². The van der Waals surface area contributed by atoms with Gasteiger partial charge in [0, 0.05) is 11.6 Å². The number of nitro benzene ring substituents is 1. The van der Waals surface area contributed by atoms with Crippen LogP contribution in [-0.2, 0) is 6.42 Å².